The molecule has 8 heteroatoms. The second-order valence-electron chi connectivity index (χ2n) is 4.10. The van der Waals surface area contributed by atoms with E-state index >= 15 is 0 Å². The van der Waals surface area contributed by atoms with Crippen LogP contribution in [0, 0.1) is 11.6 Å². The van der Waals surface area contributed by atoms with Crippen LogP contribution in [0.2, 0.25) is 0 Å². The normalized spacial score (nSPS) is 12.0. The Kier molecular flexibility index (Phi) is 7.52. The van der Waals surface area contributed by atoms with Crippen molar-refractivity contribution in [3.63, 3.8) is 0 Å². The number of rotatable bonds is 8. The molecule has 0 aliphatic heterocycles. The van der Waals surface area contributed by atoms with Crippen LogP contribution < -0.4 is 5.32 Å². The molecule has 116 valence electrons. The standard InChI is InChI=1S/C13H15F2NO3S2/c1-20-5-4-10(13(18)19)16-12(17)7-21-11-3-2-8(14)6-9(11)15/h2-3,6,10H,4-5,7H2,1H3,(H,16,17)(H,18,19)/t10-/m0/s1. The largest absolute Gasteiger partial charge is 0.480 e. The monoisotopic (exact) mass is 335 g/mol. The molecule has 0 saturated carbocycles. The van der Waals surface area contributed by atoms with Gasteiger partial charge in [-0.25, -0.2) is 13.6 Å². The molecule has 1 atom stereocenters. The first-order chi connectivity index (χ1) is 9.93. The molecule has 0 aliphatic rings. The molecular formula is C13H15F2NO3S2. The Morgan fingerprint density at radius 2 is 2.10 bits per heavy atom. The Labute approximate surface area is 129 Å². The van der Waals surface area contributed by atoms with E-state index in [0.29, 0.717) is 12.2 Å². The highest BCUT2D eigenvalue weighted by molar-refractivity contribution is 8.00. The number of thioether (sulfide) groups is 2. The second-order valence-corrected chi connectivity index (χ2v) is 6.11. The summed E-state index contributed by atoms with van der Waals surface area (Å²) in [4.78, 5) is 22.8. The fraction of sp³-hybridized carbons (Fsp3) is 0.385. The van der Waals surface area contributed by atoms with E-state index < -0.39 is 29.6 Å². The molecule has 0 bridgehead atoms. The minimum atomic E-state index is -1.10. The van der Waals surface area contributed by atoms with Crippen LogP contribution in [0.25, 0.3) is 0 Å². The van der Waals surface area contributed by atoms with Crippen molar-refractivity contribution < 1.29 is 23.5 Å². The van der Waals surface area contributed by atoms with E-state index in [4.69, 9.17) is 5.11 Å². The minimum Gasteiger partial charge on any atom is -0.480 e. The highest BCUT2D eigenvalue weighted by atomic mass is 32.2. The van der Waals surface area contributed by atoms with Crippen LogP contribution in [0.4, 0.5) is 8.78 Å². The lowest BCUT2D eigenvalue weighted by molar-refractivity contribution is -0.141. The molecule has 0 unspecified atom stereocenters. The molecule has 0 saturated heterocycles. The van der Waals surface area contributed by atoms with E-state index in [9.17, 15) is 18.4 Å². The summed E-state index contributed by atoms with van der Waals surface area (Å²) in [6.07, 6.45) is 2.16. The molecule has 4 nitrogen and oxygen atoms in total. The summed E-state index contributed by atoms with van der Waals surface area (Å²) in [5.41, 5.74) is 0. The molecule has 0 aliphatic carbocycles. The highest BCUT2D eigenvalue weighted by Gasteiger charge is 2.19. The number of carboxylic acid groups (broad SMARTS) is 1. The quantitative estimate of drug-likeness (QED) is 0.714. The Morgan fingerprint density at radius 1 is 1.38 bits per heavy atom. The van der Waals surface area contributed by atoms with Gasteiger partial charge in [0.2, 0.25) is 5.91 Å². The lowest BCUT2D eigenvalue weighted by atomic mass is 10.2. The Hall–Kier alpha value is -1.28. The van der Waals surface area contributed by atoms with E-state index in [1.54, 1.807) is 0 Å². The maximum atomic E-state index is 13.4. The number of carbonyl (C=O) groups is 2. The third kappa shape index (κ3) is 6.34. The second kappa shape index (κ2) is 8.89. The summed E-state index contributed by atoms with van der Waals surface area (Å²) < 4.78 is 26.1. The predicted molar refractivity (Wildman–Crippen MR) is 79.6 cm³/mol. The summed E-state index contributed by atoms with van der Waals surface area (Å²) in [6.45, 7) is 0. The highest BCUT2D eigenvalue weighted by Crippen LogP contribution is 2.22. The predicted octanol–water partition coefficient (Wildman–Crippen LogP) is 2.38. The third-order valence-electron chi connectivity index (χ3n) is 2.50. The van der Waals surface area contributed by atoms with Gasteiger partial charge in [0.1, 0.15) is 17.7 Å². The zero-order valence-electron chi connectivity index (χ0n) is 11.3. The van der Waals surface area contributed by atoms with Crippen molar-refractivity contribution in [1.82, 2.24) is 5.32 Å². The van der Waals surface area contributed by atoms with Crippen molar-refractivity contribution in [3.8, 4) is 0 Å². The van der Waals surface area contributed by atoms with Crippen molar-refractivity contribution in [2.45, 2.75) is 17.4 Å². The van der Waals surface area contributed by atoms with Crippen LogP contribution in [-0.2, 0) is 9.59 Å². The summed E-state index contributed by atoms with van der Waals surface area (Å²) in [5.74, 6) is -2.57. The fourth-order valence-corrected chi connectivity index (χ4v) is 2.67. The van der Waals surface area contributed by atoms with Gasteiger partial charge in [-0.15, -0.1) is 11.8 Å². The molecular weight excluding hydrogens is 320 g/mol. The molecule has 1 aromatic carbocycles. The smallest absolute Gasteiger partial charge is 0.326 e. The first kappa shape index (κ1) is 17.8. The summed E-state index contributed by atoms with van der Waals surface area (Å²) in [6, 6.07) is 2.12. The van der Waals surface area contributed by atoms with Gasteiger partial charge in [-0.1, -0.05) is 0 Å². The van der Waals surface area contributed by atoms with E-state index in [0.717, 1.165) is 23.9 Å². The van der Waals surface area contributed by atoms with Gasteiger partial charge in [-0.2, -0.15) is 11.8 Å². The molecule has 0 spiro atoms. The molecule has 21 heavy (non-hydrogen) atoms. The van der Waals surface area contributed by atoms with Crippen LogP contribution in [0.1, 0.15) is 6.42 Å². The Balaban J connectivity index is 2.50. The van der Waals surface area contributed by atoms with Gasteiger partial charge >= 0.3 is 5.97 Å². The SMILES string of the molecule is CSCC[C@H](NC(=O)CSc1ccc(F)cc1F)C(=O)O. The zero-order chi connectivity index (χ0) is 15.8. The van der Waals surface area contributed by atoms with E-state index in [-0.39, 0.29) is 10.6 Å². The van der Waals surface area contributed by atoms with Crippen molar-refractivity contribution in [1.29, 1.82) is 0 Å². The van der Waals surface area contributed by atoms with Crippen LogP contribution >= 0.6 is 23.5 Å². The topological polar surface area (TPSA) is 66.4 Å². The minimum absolute atomic E-state index is 0.133. The van der Waals surface area contributed by atoms with Crippen molar-refractivity contribution >= 4 is 35.4 Å². The summed E-state index contributed by atoms with van der Waals surface area (Å²) in [5, 5.41) is 11.4. The van der Waals surface area contributed by atoms with E-state index in [1.807, 2.05) is 6.26 Å². The number of aliphatic carboxylic acids is 1. The first-order valence-corrected chi connectivity index (χ1v) is 8.41. The fourth-order valence-electron chi connectivity index (χ4n) is 1.46. The number of nitrogens with one attached hydrogen (secondary N) is 1. The van der Waals surface area contributed by atoms with Crippen molar-refractivity contribution in [2.75, 3.05) is 17.8 Å². The molecule has 0 heterocycles. The van der Waals surface area contributed by atoms with Gasteiger partial charge < -0.3 is 10.4 Å². The molecule has 0 fully saturated rings. The van der Waals surface area contributed by atoms with Crippen LogP contribution in [0.15, 0.2) is 23.1 Å². The number of benzene rings is 1. The lowest BCUT2D eigenvalue weighted by Crippen LogP contribution is -2.42. The molecule has 0 radical (unpaired) electrons. The van der Waals surface area contributed by atoms with E-state index in [1.165, 1.54) is 17.8 Å². The average molecular weight is 335 g/mol. The maximum absolute atomic E-state index is 13.4. The van der Waals surface area contributed by atoms with Crippen LogP contribution in [0.3, 0.4) is 0 Å². The van der Waals surface area contributed by atoms with E-state index in [2.05, 4.69) is 5.32 Å². The number of hydrogen-bond donors (Lipinski definition) is 2. The Morgan fingerprint density at radius 3 is 2.67 bits per heavy atom. The molecule has 0 aromatic heterocycles. The summed E-state index contributed by atoms with van der Waals surface area (Å²) >= 11 is 2.37. The average Bonchev–Trinajstić information content (AvgIpc) is 2.42. The Bertz CT molecular complexity index is 514. The van der Waals surface area contributed by atoms with Gasteiger partial charge in [0.25, 0.3) is 0 Å². The molecule has 1 rings (SSSR count). The molecule has 1 amide bonds. The number of carboxylic acids is 1. The first-order valence-electron chi connectivity index (χ1n) is 6.03. The van der Waals surface area contributed by atoms with Crippen molar-refractivity contribution in [3.05, 3.63) is 29.8 Å². The summed E-state index contributed by atoms with van der Waals surface area (Å²) in [7, 11) is 0. The van der Waals surface area contributed by atoms with Gasteiger partial charge in [0.15, 0.2) is 0 Å². The molecule has 2 N–H and O–H groups in total. The number of hydrogen-bond acceptors (Lipinski definition) is 4. The van der Waals surface area contributed by atoms with Gasteiger partial charge in [-0.05, 0) is 30.6 Å². The molecule has 1 aromatic rings. The number of amides is 1. The zero-order valence-corrected chi connectivity index (χ0v) is 12.9. The lowest BCUT2D eigenvalue weighted by Gasteiger charge is -2.13. The van der Waals surface area contributed by atoms with Gasteiger partial charge in [0.05, 0.1) is 5.75 Å². The maximum Gasteiger partial charge on any atom is 0.326 e. The van der Waals surface area contributed by atoms with Gasteiger partial charge in [0, 0.05) is 11.0 Å². The van der Waals surface area contributed by atoms with Crippen LogP contribution in [-0.4, -0.2) is 40.8 Å². The van der Waals surface area contributed by atoms with Gasteiger partial charge in [-0.3, -0.25) is 4.79 Å². The third-order valence-corrected chi connectivity index (χ3v) is 4.19. The number of carbonyl (C=O) groups excluding carboxylic acids is 1. The van der Waals surface area contributed by atoms with Crippen LogP contribution in [0.5, 0.6) is 0 Å². The van der Waals surface area contributed by atoms with Crippen molar-refractivity contribution in [2.24, 2.45) is 0 Å². The number of halogens is 2.